The van der Waals surface area contributed by atoms with Crippen LogP contribution in [-0.2, 0) is 41.6 Å². The molecule has 1 aliphatic rings. The summed E-state index contributed by atoms with van der Waals surface area (Å²) in [6.07, 6.45) is 1.65. The van der Waals surface area contributed by atoms with Crippen LogP contribution in [0.5, 0.6) is 0 Å². The van der Waals surface area contributed by atoms with Gasteiger partial charge >= 0.3 is 23.9 Å². The Labute approximate surface area is 362 Å². The molecule has 342 valence electrons. The van der Waals surface area contributed by atoms with Gasteiger partial charge in [0.05, 0.1) is 26.2 Å². The van der Waals surface area contributed by atoms with Crippen molar-refractivity contribution >= 4 is 41.6 Å². The van der Waals surface area contributed by atoms with Gasteiger partial charge in [0.25, 0.3) is 5.91 Å². The first kappa shape index (κ1) is 50.9. The topological polar surface area (TPSA) is 275 Å². The van der Waals surface area contributed by atoms with Gasteiger partial charge in [-0.1, -0.05) is 56.3 Å². The number of carboxylic acids is 4. The lowest BCUT2D eigenvalue weighted by molar-refractivity contribution is -0.142. The summed E-state index contributed by atoms with van der Waals surface area (Å²) in [7, 11) is 0. The van der Waals surface area contributed by atoms with E-state index in [0.29, 0.717) is 71.0 Å². The minimum atomic E-state index is -1.21. The highest BCUT2D eigenvalue weighted by atomic mass is 16.4. The largest absolute Gasteiger partial charge is 0.480 e. The molecule has 2 aromatic carbocycles. The number of carbonyl (C=O) groups is 7. The van der Waals surface area contributed by atoms with Crippen LogP contribution in [0.1, 0.15) is 54.6 Å². The quantitative estimate of drug-likeness (QED) is 0.0677. The van der Waals surface area contributed by atoms with Gasteiger partial charge in [-0.15, -0.1) is 0 Å². The van der Waals surface area contributed by atoms with E-state index in [-0.39, 0.29) is 51.1 Å². The molecule has 62 heavy (non-hydrogen) atoms. The summed E-state index contributed by atoms with van der Waals surface area (Å²) in [6, 6.07) is 12.8. The van der Waals surface area contributed by atoms with E-state index in [2.05, 4.69) is 34.7 Å². The zero-order valence-corrected chi connectivity index (χ0v) is 35.7. The summed E-state index contributed by atoms with van der Waals surface area (Å²) >= 11 is 0. The van der Waals surface area contributed by atoms with Gasteiger partial charge in [-0.05, 0) is 61.4 Å². The Hall–Kier alpha value is -5.47. The molecule has 0 bridgehead atoms. The number of benzene rings is 2. The normalized spacial score (nSPS) is 17.2. The maximum absolute atomic E-state index is 13.6. The van der Waals surface area contributed by atoms with E-state index >= 15 is 0 Å². The Kier molecular flexibility index (Phi) is 22.0. The number of hydrogen-bond donors (Lipinski definition) is 8. The number of unbranched alkanes of at least 4 members (excludes halogenated alkanes) is 1. The van der Waals surface area contributed by atoms with Crippen LogP contribution < -0.4 is 21.7 Å². The van der Waals surface area contributed by atoms with E-state index in [4.69, 9.17) is 5.73 Å². The number of rotatable bonds is 23. The fourth-order valence-electron chi connectivity index (χ4n) is 7.36. The molecule has 0 spiro atoms. The van der Waals surface area contributed by atoms with Crippen LogP contribution >= 0.6 is 0 Å². The lowest BCUT2D eigenvalue weighted by atomic mass is 10.0. The number of aliphatic carboxylic acids is 4. The zero-order valence-electron chi connectivity index (χ0n) is 35.7. The van der Waals surface area contributed by atoms with Gasteiger partial charge in [-0.2, -0.15) is 0 Å². The standard InChI is InChI=1S/C43H64N8O11/c1-30(2)25-48-16-17-49(27-38(53)54)18-19-50(28-39(55)56)26-34(51(21-20-48)29-40(57)58)22-32-11-13-33(14-12-32)41(59)47-36(23-31-8-4-3-5-9-31)42(60)45-24-37(52)46-35(43(61)62)10-6-7-15-44/h3-5,8-9,11-14,30,34-36H,6-7,10,15-29,44H2,1-2H3,(H,45,60)(H,46,52)(H,47,59)(H,53,54)(H,55,56)(H,57,58)(H,61,62). The first-order valence-electron chi connectivity index (χ1n) is 21.0. The molecular weight excluding hydrogens is 805 g/mol. The summed E-state index contributed by atoms with van der Waals surface area (Å²) < 4.78 is 0. The first-order chi connectivity index (χ1) is 29.5. The van der Waals surface area contributed by atoms with E-state index in [1.807, 2.05) is 4.90 Å². The van der Waals surface area contributed by atoms with E-state index in [9.17, 15) is 54.0 Å². The molecule has 3 atom stereocenters. The average molecular weight is 869 g/mol. The maximum Gasteiger partial charge on any atom is 0.326 e. The number of hydrogen-bond acceptors (Lipinski definition) is 12. The SMILES string of the molecule is CC(C)CN1CCN(CC(=O)O)CCN(CC(=O)O)CC(Cc2ccc(C(=O)NC(Cc3ccccc3)C(=O)NCC(=O)NC(CCCCN)C(=O)O)cc2)N(CC(=O)O)CC1. The number of nitrogens with two attached hydrogens (primary N) is 1. The smallest absolute Gasteiger partial charge is 0.326 e. The van der Waals surface area contributed by atoms with Gasteiger partial charge in [-0.3, -0.25) is 43.5 Å². The van der Waals surface area contributed by atoms with Crippen LogP contribution in [0.15, 0.2) is 54.6 Å². The monoisotopic (exact) mass is 868 g/mol. The van der Waals surface area contributed by atoms with Crippen molar-refractivity contribution in [2.75, 3.05) is 85.1 Å². The van der Waals surface area contributed by atoms with Crippen molar-refractivity contribution in [3.05, 3.63) is 71.3 Å². The van der Waals surface area contributed by atoms with E-state index in [0.717, 1.165) is 11.1 Å². The van der Waals surface area contributed by atoms with Crippen LogP contribution in [0, 0.1) is 5.92 Å². The van der Waals surface area contributed by atoms with Crippen LogP contribution in [0.3, 0.4) is 0 Å². The zero-order chi connectivity index (χ0) is 45.6. The second-order valence-corrected chi connectivity index (χ2v) is 16.1. The van der Waals surface area contributed by atoms with E-state index < -0.39 is 66.3 Å². The minimum Gasteiger partial charge on any atom is -0.480 e. The predicted molar refractivity (Wildman–Crippen MR) is 229 cm³/mol. The molecule has 0 saturated carbocycles. The molecule has 3 amide bonds. The Bertz CT molecular complexity index is 1770. The summed E-state index contributed by atoms with van der Waals surface area (Å²) in [5.41, 5.74) is 7.19. The summed E-state index contributed by atoms with van der Waals surface area (Å²) in [6.45, 7) is 6.44. The van der Waals surface area contributed by atoms with Crippen LogP contribution in [0.25, 0.3) is 0 Å². The van der Waals surface area contributed by atoms with Gasteiger partial charge < -0.3 is 47.0 Å². The summed E-state index contributed by atoms with van der Waals surface area (Å²) in [4.78, 5) is 94.8. The van der Waals surface area contributed by atoms with Gasteiger partial charge in [0, 0.05) is 70.4 Å². The minimum absolute atomic E-state index is 0.0888. The second kappa shape index (κ2) is 26.8. The molecule has 0 aromatic heterocycles. The Morgan fingerprint density at radius 1 is 0.694 bits per heavy atom. The molecule has 3 unspecified atom stereocenters. The number of amides is 3. The van der Waals surface area contributed by atoms with E-state index in [1.54, 1.807) is 64.4 Å². The molecule has 19 heteroatoms. The summed E-state index contributed by atoms with van der Waals surface area (Å²) in [5, 5.41) is 46.6. The maximum atomic E-state index is 13.6. The second-order valence-electron chi connectivity index (χ2n) is 16.1. The van der Waals surface area contributed by atoms with Gasteiger partial charge in [0.15, 0.2) is 0 Å². The third-order valence-corrected chi connectivity index (χ3v) is 10.4. The highest BCUT2D eigenvalue weighted by molar-refractivity contribution is 5.98. The molecule has 1 aliphatic heterocycles. The van der Waals surface area contributed by atoms with Gasteiger partial charge in [-0.25, -0.2) is 4.79 Å². The van der Waals surface area contributed by atoms with Crippen LogP contribution in [0.4, 0.5) is 0 Å². The highest BCUT2D eigenvalue weighted by Crippen LogP contribution is 2.16. The number of carboxylic acid groups (broad SMARTS) is 4. The van der Waals surface area contributed by atoms with E-state index in [1.165, 1.54) is 0 Å². The molecular formula is C43H64N8O11. The Balaban J connectivity index is 1.82. The molecule has 9 N–H and O–H groups in total. The Morgan fingerprint density at radius 2 is 1.29 bits per heavy atom. The van der Waals surface area contributed by atoms with Crippen LogP contribution in [-0.4, -0.2) is 185 Å². The molecule has 1 fully saturated rings. The van der Waals surface area contributed by atoms with Gasteiger partial charge in [0.2, 0.25) is 11.8 Å². The third kappa shape index (κ3) is 19.5. The predicted octanol–water partition coefficient (Wildman–Crippen LogP) is -0.115. The molecule has 3 rings (SSSR count). The lowest BCUT2D eigenvalue weighted by Gasteiger charge is -2.38. The van der Waals surface area contributed by atoms with Crippen molar-refractivity contribution < 1.29 is 54.0 Å². The molecule has 19 nitrogen and oxygen atoms in total. The lowest BCUT2D eigenvalue weighted by Crippen LogP contribution is -2.53. The molecule has 2 aromatic rings. The molecule has 1 heterocycles. The van der Waals surface area contributed by atoms with Crippen molar-refractivity contribution in [2.24, 2.45) is 11.7 Å². The van der Waals surface area contributed by atoms with Crippen molar-refractivity contribution in [3.63, 3.8) is 0 Å². The number of nitrogens with one attached hydrogen (secondary N) is 3. The fourth-order valence-corrected chi connectivity index (χ4v) is 7.36. The van der Waals surface area contributed by atoms with Crippen molar-refractivity contribution in [1.29, 1.82) is 0 Å². The summed E-state index contributed by atoms with van der Waals surface area (Å²) in [5.74, 6) is -5.96. The van der Waals surface area contributed by atoms with Crippen LogP contribution in [0.2, 0.25) is 0 Å². The van der Waals surface area contributed by atoms with Crippen molar-refractivity contribution in [2.45, 2.75) is 64.1 Å². The molecule has 0 aliphatic carbocycles. The Morgan fingerprint density at radius 3 is 1.89 bits per heavy atom. The van der Waals surface area contributed by atoms with Gasteiger partial charge in [0.1, 0.15) is 12.1 Å². The van der Waals surface area contributed by atoms with Crippen molar-refractivity contribution in [1.82, 2.24) is 35.6 Å². The third-order valence-electron chi connectivity index (χ3n) is 10.4. The molecule has 1 saturated heterocycles. The molecule has 0 radical (unpaired) electrons. The fraction of sp³-hybridized carbons (Fsp3) is 0.558. The number of nitrogens with zero attached hydrogens (tertiary/aromatic N) is 4. The first-order valence-corrected chi connectivity index (χ1v) is 21.0. The highest BCUT2D eigenvalue weighted by Gasteiger charge is 2.28. The number of carbonyl (C=O) groups excluding carboxylic acids is 3. The average Bonchev–Trinajstić information content (AvgIpc) is 3.20. The van der Waals surface area contributed by atoms with Crippen molar-refractivity contribution in [3.8, 4) is 0 Å².